The summed E-state index contributed by atoms with van der Waals surface area (Å²) in [4.78, 5) is 15.6. The maximum Gasteiger partial charge on any atom is 0.397 e. The molecule has 0 aliphatic heterocycles. The molecule has 0 radical (unpaired) electrons. The van der Waals surface area contributed by atoms with Gasteiger partial charge in [-0.3, -0.25) is 4.79 Å². The fourth-order valence-corrected chi connectivity index (χ4v) is 1.91. The molecule has 4 nitrogen and oxygen atoms in total. The van der Waals surface area contributed by atoms with E-state index in [9.17, 15) is 18.0 Å². The van der Waals surface area contributed by atoms with Gasteiger partial charge in [0.15, 0.2) is 0 Å². The molecule has 0 unspecified atom stereocenters. The molecule has 1 amide bonds. The van der Waals surface area contributed by atoms with E-state index in [1.54, 1.807) is 26.0 Å². The monoisotopic (exact) mass is 312 g/mol. The number of carbonyl (C=O) groups is 1. The van der Waals surface area contributed by atoms with Gasteiger partial charge in [-0.1, -0.05) is 6.07 Å². The Labute approximate surface area is 125 Å². The molecule has 0 atom stereocenters. The Balaban J connectivity index is 2.25. The van der Waals surface area contributed by atoms with Crippen LogP contribution in [0.1, 0.15) is 23.4 Å². The summed E-state index contributed by atoms with van der Waals surface area (Å²) in [5.74, 6) is -0.0672. The summed E-state index contributed by atoms with van der Waals surface area (Å²) in [6, 6.07) is 4.78. The van der Waals surface area contributed by atoms with E-state index in [-0.39, 0.29) is 5.69 Å². The summed E-state index contributed by atoms with van der Waals surface area (Å²) in [6.45, 7) is 5.40. The van der Waals surface area contributed by atoms with Crippen LogP contribution in [0.5, 0.6) is 0 Å². The third-order valence-corrected chi connectivity index (χ3v) is 3.14. The standard InChI is InChI=1S/C15H15F3N2O2/c1-8-4-5-11(20-13(21)7-15(16,17)18)6-12(8)14-19-9(2)10(3)22-14/h4-6H,7H2,1-3H3,(H,20,21). The summed E-state index contributed by atoms with van der Waals surface area (Å²) in [7, 11) is 0. The zero-order valence-electron chi connectivity index (χ0n) is 12.3. The molecule has 2 rings (SSSR count). The lowest BCUT2D eigenvalue weighted by Gasteiger charge is -2.09. The first-order chi connectivity index (χ1) is 10.2. The van der Waals surface area contributed by atoms with Gasteiger partial charge in [-0.15, -0.1) is 0 Å². The normalized spacial score (nSPS) is 11.5. The summed E-state index contributed by atoms with van der Waals surface area (Å²) in [6.07, 6.45) is -6.05. The van der Waals surface area contributed by atoms with E-state index >= 15 is 0 Å². The number of hydrogen-bond donors (Lipinski definition) is 1. The first-order valence-corrected chi connectivity index (χ1v) is 6.57. The number of aryl methyl sites for hydroxylation is 3. The fourth-order valence-electron chi connectivity index (χ4n) is 1.91. The van der Waals surface area contributed by atoms with Gasteiger partial charge in [0.2, 0.25) is 11.8 Å². The second-order valence-corrected chi connectivity index (χ2v) is 5.03. The maximum absolute atomic E-state index is 12.2. The van der Waals surface area contributed by atoms with Crippen LogP contribution in [0.4, 0.5) is 18.9 Å². The molecule has 2 aromatic rings. The van der Waals surface area contributed by atoms with Crippen LogP contribution in [0, 0.1) is 20.8 Å². The van der Waals surface area contributed by atoms with Crippen molar-refractivity contribution in [3.05, 3.63) is 35.2 Å². The van der Waals surface area contributed by atoms with Gasteiger partial charge >= 0.3 is 6.18 Å². The fraction of sp³-hybridized carbons (Fsp3) is 0.333. The highest BCUT2D eigenvalue weighted by atomic mass is 19.4. The van der Waals surface area contributed by atoms with E-state index < -0.39 is 18.5 Å². The molecular formula is C15H15F3N2O2. The van der Waals surface area contributed by atoms with Crippen molar-refractivity contribution in [3.63, 3.8) is 0 Å². The minimum absolute atomic E-state index is 0.267. The Kier molecular flexibility index (Phi) is 4.25. The third-order valence-electron chi connectivity index (χ3n) is 3.14. The first-order valence-electron chi connectivity index (χ1n) is 6.57. The molecular weight excluding hydrogens is 297 g/mol. The van der Waals surface area contributed by atoms with Crippen molar-refractivity contribution in [3.8, 4) is 11.5 Å². The van der Waals surface area contributed by atoms with E-state index in [1.807, 2.05) is 6.92 Å². The van der Waals surface area contributed by atoms with Crippen LogP contribution < -0.4 is 5.32 Å². The van der Waals surface area contributed by atoms with Gasteiger partial charge in [-0.05, 0) is 38.5 Å². The first kappa shape index (κ1) is 16.1. The number of anilines is 1. The minimum Gasteiger partial charge on any atom is -0.441 e. The highest BCUT2D eigenvalue weighted by molar-refractivity contribution is 5.91. The zero-order chi connectivity index (χ0) is 16.5. The van der Waals surface area contributed by atoms with Crippen molar-refractivity contribution in [2.75, 3.05) is 5.32 Å². The van der Waals surface area contributed by atoms with Crippen LogP contribution in [0.3, 0.4) is 0 Å². The van der Waals surface area contributed by atoms with Gasteiger partial charge in [0.25, 0.3) is 0 Å². The maximum atomic E-state index is 12.2. The summed E-state index contributed by atoms with van der Waals surface area (Å²) in [5.41, 5.74) is 2.47. The Morgan fingerprint density at radius 2 is 1.95 bits per heavy atom. The van der Waals surface area contributed by atoms with E-state index in [0.29, 0.717) is 17.2 Å². The number of rotatable bonds is 3. The van der Waals surface area contributed by atoms with E-state index in [0.717, 1.165) is 11.3 Å². The molecule has 0 aliphatic carbocycles. The van der Waals surface area contributed by atoms with Gasteiger partial charge in [0.1, 0.15) is 12.2 Å². The molecule has 1 aromatic carbocycles. The molecule has 1 heterocycles. The Hall–Kier alpha value is -2.31. The molecule has 1 N–H and O–H groups in total. The number of nitrogens with one attached hydrogen (secondary N) is 1. The molecule has 0 saturated heterocycles. The van der Waals surface area contributed by atoms with Gasteiger partial charge in [0, 0.05) is 11.3 Å². The molecule has 118 valence electrons. The highest BCUT2D eigenvalue weighted by Gasteiger charge is 2.31. The van der Waals surface area contributed by atoms with Gasteiger partial charge in [-0.2, -0.15) is 13.2 Å². The Morgan fingerprint density at radius 1 is 1.27 bits per heavy atom. The lowest BCUT2D eigenvalue weighted by molar-refractivity contribution is -0.150. The summed E-state index contributed by atoms with van der Waals surface area (Å²) in [5, 5.41) is 2.23. The van der Waals surface area contributed by atoms with Crippen molar-refractivity contribution in [1.82, 2.24) is 4.98 Å². The van der Waals surface area contributed by atoms with Crippen LogP contribution >= 0.6 is 0 Å². The molecule has 0 aliphatic rings. The zero-order valence-corrected chi connectivity index (χ0v) is 12.3. The number of aromatic nitrogens is 1. The van der Waals surface area contributed by atoms with Gasteiger partial charge in [0.05, 0.1) is 5.69 Å². The van der Waals surface area contributed by atoms with Crippen LogP contribution in [-0.2, 0) is 4.79 Å². The number of nitrogens with zero attached hydrogens (tertiary/aromatic N) is 1. The van der Waals surface area contributed by atoms with Crippen molar-refractivity contribution >= 4 is 11.6 Å². The van der Waals surface area contributed by atoms with E-state index in [2.05, 4.69) is 10.3 Å². The quantitative estimate of drug-likeness (QED) is 0.926. The second kappa shape index (κ2) is 5.82. The topological polar surface area (TPSA) is 55.1 Å². The molecule has 0 bridgehead atoms. The van der Waals surface area contributed by atoms with Crippen molar-refractivity contribution in [1.29, 1.82) is 0 Å². The predicted molar refractivity (Wildman–Crippen MR) is 75.5 cm³/mol. The largest absolute Gasteiger partial charge is 0.441 e. The minimum atomic E-state index is -4.53. The highest BCUT2D eigenvalue weighted by Crippen LogP contribution is 2.28. The average Bonchev–Trinajstić information content (AvgIpc) is 2.69. The van der Waals surface area contributed by atoms with Gasteiger partial charge in [-0.25, -0.2) is 4.98 Å². The van der Waals surface area contributed by atoms with Crippen LogP contribution in [0.25, 0.3) is 11.5 Å². The molecule has 1 aromatic heterocycles. The van der Waals surface area contributed by atoms with Crippen molar-refractivity contribution in [2.45, 2.75) is 33.4 Å². The summed E-state index contributed by atoms with van der Waals surface area (Å²) >= 11 is 0. The van der Waals surface area contributed by atoms with Crippen molar-refractivity contribution in [2.24, 2.45) is 0 Å². The predicted octanol–water partition coefficient (Wildman–Crippen LogP) is 4.16. The molecule has 0 fully saturated rings. The number of halogens is 3. The number of amides is 1. The number of alkyl halides is 3. The van der Waals surface area contributed by atoms with Crippen LogP contribution in [-0.4, -0.2) is 17.1 Å². The average molecular weight is 312 g/mol. The molecule has 22 heavy (non-hydrogen) atoms. The third kappa shape index (κ3) is 3.87. The lowest BCUT2D eigenvalue weighted by Crippen LogP contribution is -2.21. The second-order valence-electron chi connectivity index (χ2n) is 5.03. The SMILES string of the molecule is Cc1ccc(NC(=O)CC(F)(F)F)cc1-c1nc(C)c(C)o1. The Morgan fingerprint density at radius 3 is 2.50 bits per heavy atom. The molecule has 0 saturated carbocycles. The lowest BCUT2D eigenvalue weighted by atomic mass is 10.1. The van der Waals surface area contributed by atoms with Crippen molar-refractivity contribution < 1.29 is 22.4 Å². The smallest absolute Gasteiger partial charge is 0.397 e. The summed E-state index contributed by atoms with van der Waals surface area (Å²) < 4.78 is 42.1. The molecule has 0 spiro atoms. The number of carbonyl (C=O) groups excluding carboxylic acids is 1. The number of oxazole rings is 1. The Bertz CT molecular complexity index is 686. The number of benzene rings is 1. The molecule has 7 heteroatoms. The van der Waals surface area contributed by atoms with E-state index in [4.69, 9.17) is 4.42 Å². The van der Waals surface area contributed by atoms with Crippen LogP contribution in [0.15, 0.2) is 22.6 Å². The number of hydrogen-bond acceptors (Lipinski definition) is 3. The van der Waals surface area contributed by atoms with Crippen LogP contribution in [0.2, 0.25) is 0 Å². The van der Waals surface area contributed by atoms with E-state index in [1.165, 1.54) is 6.07 Å². The van der Waals surface area contributed by atoms with Gasteiger partial charge < -0.3 is 9.73 Å².